The molecule has 0 heterocycles. The van der Waals surface area contributed by atoms with E-state index in [1.54, 1.807) is 0 Å². The van der Waals surface area contributed by atoms with E-state index in [2.05, 4.69) is 9.47 Å². The number of nitro groups is 1. The van der Waals surface area contributed by atoms with Crippen LogP contribution in [0.5, 0.6) is 11.5 Å². The molecule has 0 saturated carbocycles. The van der Waals surface area contributed by atoms with E-state index in [0.717, 1.165) is 13.2 Å². The number of rotatable bonds is 8. The zero-order chi connectivity index (χ0) is 20.0. The van der Waals surface area contributed by atoms with E-state index < -0.39 is 35.6 Å². The molecule has 0 amide bonds. The highest BCUT2D eigenvalue weighted by molar-refractivity contribution is 5.97. The zero-order valence-electron chi connectivity index (χ0n) is 13.9. The Labute approximate surface area is 151 Å². The van der Waals surface area contributed by atoms with Gasteiger partial charge >= 0.3 is 18.3 Å². The number of ether oxygens (including phenoxy) is 3. The number of hydrogen-bond acceptors (Lipinski definition) is 7. The molecule has 0 bridgehead atoms. The van der Waals surface area contributed by atoms with Gasteiger partial charge in [-0.05, 0) is 36.4 Å². The van der Waals surface area contributed by atoms with Crippen molar-refractivity contribution >= 4 is 17.4 Å². The van der Waals surface area contributed by atoms with Crippen molar-refractivity contribution in [3.8, 4) is 11.5 Å². The summed E-state index contributed by atoms with van der Waals surface area (Å²) in [5.74, 6) is -1.62. The predicted octanol–water partition coefficient (Wildman–Crippen LogP) is 3.24. The van der Waals surface area contributed by atoms with Crippen LogP contribution in [0.2, 0.25) is 0 Å². The Balaban J connectivity index is 2.10. The largest absolute Gasteiger partial charge is 0.478 e. The number of carbonyl (C=O) groups excluding carboxylic acids is 2. The molecule has 0 fully saturated rings. The van der Waals surface area contributed by atoms with Gasteiger partial charge in [0.25, 0.3) is 0 Å². The van der Waals surface area contributed by atoms with Gasteiger partial charge in [0, 0.05) is 11.6 Å². The number of Topliss-reactive ketones (excluding diaryl/α,β-unsaturated/α-hetero) is 1. The molecule has 0 atom stereocenters. The minimum atomic E-state index is -2.98. The van der Waals surface area contributed by atoms with Crippen molar-refractivity contribution in [2.24, 2.45) is 0 Å². The smallest absolute Gasteiger partial charge is 0.387 e. The third kappa shape index (κ3) is 5.21. The molecule has 142 valence electrons. The molecule has 0 aliphatic rings. The first-order valence-electron chi connectivity index (χ1n) is 7.39. The SMILES string of the molecule is COC(=O)c1ccc(OCC(=O)c2ccc(OC(F)F)cc2)c([N+](=O)[O-])c1. The number of hydrogen-bond donors (Lipinski definition) is 0. The van der Waals surface area contributed by atoms with Gasteiger partial charge in [-0.25, -0.2) is 4.79 Å². The monoisotopic (exact) mass is 381 g/mol. The van der Waals surface area contributed by atoms with Gasteiger partial charge in [0.15, 0.2) is 18.1 Å². The molecular weight excluding hydrogens is 368 g/mol. The molecular formula is C17H13F2NO7. The van der Waals surface area contributed by atoms with Crippen LogP contribution < -0.4 is 9.47 Å². The van der Waals surface area contributed by atoms with Crippen molar-refractivity contribution in [2.75, 3.05) is 13.7 Å². The summed E-state index contributed by atoms with van der Waals surface area (Å²) in [4.78, 5) is 33.9. The lowest BCUT2D eigenvalue weighted by atomic mass is 10.1. The van der Waals surface area contributed by atoms with Crippen LogP contribution >= 0.6 is 0 Å². The Morgan fingerprint density at radius 1 is 1.11 bits per heavy atom. The number of nitrogens with zero attached hydrogens (tertiary/aromatic N) is 1. The Morgan fingerprint density at radius 2 is 1.74 bits per heavy atom. The molecule has 2 aromatic rings. The van der Waals surface area contributed by atoms with Gasteiger partial charge < -0.3 is 14.2 Å². The number of alkyl halides is 2. The molecule has 0 aliphatic carbocycles. The molecule has 27 heavy (non-hydrogen) atoms. The van der Waals surface area contributed by atoms with Crippen molar-refractivity contribution in [3.05, 3.63) is 63.7 Å². The number of carbonyl (C=O) groups is 2. The van der Waals surface area contributed by atoms with Gasteiger partial charge in [-0.2, -0.15) is 8.78 Å². The van der Waals surface area contributed by atoms with Gasteiger partial charge in [-0.15, -0.1) is 0 Å². The quantitative estimate of drug-likeness (QED) is 0.299. The summed E-state index contributed by atoms with van der Waals surface area (Å²) in [5, 5.41) is 11.1. The number of methoxy groups -OCH3 is 1. The molecule has 2 rings (SSSR count). The number of halogens is 2. The summed E-state index contributed by atoms with van der Waals surface area (Å²) >= 11 is 0. The van der Waals surface area contributed by atoms with Crippen LogP contribution in [0.4, 0.5) is 14.5 Å². The van der Waals surface area contributed by atoms with Crippen LogP contribution in [-0.2, 0) is 4.74 Å². The number of nitro benzene ring substituents is 1. The molecule has 2 aromatic carbocycles. The van der Waals surface area contributed by atoms with Crippen LogP contribution in [-0.4, -0.2) is 37.0 Å². The van der Waals surface area contributed by atoms with Gasteiger partial charge in [-0.3, -0.25) is 14.9 Å². The zero-order valence-corrected chi connectivity index (χ0v) is 13.9. The van der Waals surface area contributed by atoms with Crippen molar-refractivity contribution in [2.45, 2.75) is 6.61 Å². The summed E-state index contributed by atoms with van der Waals surface area (Å²) in [5.41, 5.74) is -0.408. The predicted molar refractivity (Wildman–Crippen MR) is 87.3 cm³/mol. The van der Waals surface area contributed by atoms with E-state index in [-0.39, 0.29) is 22.6 Å². The standard InChI is InChI=1S/C17H13F2NO7/c1-25-16(22)11-4-7-15(13(8-11)20(23)24)26-9-14(21)10-2-5-12(6-3-10)27-17(18)19/h2-8,17H,9H2,1H3. The summed E-state index contributed by atoms with van der Waals surface area (Å²) in [7, 11) is 1.13. The Morgan fingerprint density at radius 3 is 2.30 bits per heavy atom. The van der Waals surface area contributed by atoms with Crippen LogP contribution in [0.3, 0.4) is 0 Å². The first kappa shape index (κ1) is 19.8. The second-order valence-corrected chi connectivity index (χ2v) is 5.05. The maximum absolute atomic E-state index is 12.1. The highest BCUT2D eigenvalue weighted by Crippen LogP contribution is 2.28. The number of benzene rings is 2. The summed E-state index contributed by atoms with van der Waals surface area (Å²) < 4.78 is 38.0. The van der Waals surface area contributed by atoms with E-state index in [1.165, 1.54) is 36.4 Å². The van der Waals surface area contributed by atoms with Crippen LogP contribution in [0, 0.1) is 10.1 Å². The second kappa shape index (κ2) is 8.70. The van der Waals surface area contributed by atoms with Gasteiger partial charge in [-0.1, -0.05) is 0 Å². The van der Waals surface area contributed by atoms with Crippen LogP contribution in [0.15, 0.2) is 42.5 Å². The van der Waals surface area contributed by atoms with E-state index in [9.17, 15) is 28.5 Å². The third-order valence-corrected chi connectivity index (χ3v) is 3.34. The summed E-state index contributed by atoms with van der Waals surface area (Å²) in [6.07, 6.45) is 0. The number of esters is 1. The fourth-order valence-corrected chi connectivity index (χ4v) is 2.08. The molecule has 0 radical (unpaired) electrons. The van der Waals surface area contributed by atoms with Gasteiger partial charge in [0.05, 0.1) is 17.6 Å². The molecule has 0 spiro atoms. The summed E-state index contributed by atoms with van der Waals surface area (Å²) in [6, 6.07) is 8.31. The maximum atomic E-state index is 12.1. The average molecular weight is 381 g/mol. The molecule has 10 heteroatoms. The van der Waals surface area contributed by atoms with Crippen molar-refractivity contribution in [1.82, 2.24) is 0 Å². The van der Waals surface area contributed by atoms with E-state index in [0.29, 0.717) is 0 Å². The fourth-order valence-electron chi connectivity index (χ4n) is 2.08. The molecule has 0 aliphatic heterocycles. The highest BCUT2D eigenvalue weighted by atomic mass is 19.3. The third-order valence-electron chi connectivity index (χ3n) is 3.34. The van der Waals surface area contributed by atoms with E-state index >= 15 is 0 Å². The number of ketones is 1. The topological polar surface area (TPSA) is 105 Å². The second-order valence-electron chi connectivity index (χ2n) is 5.05. The maximum Gasteiger partial charge on any atom is 0.387 e. The van der Waals surface area contributed by atoms with E-state index in [1.807, 2.05) is 0 Å². The molecule has 8 nitrogen and oxygen atoms in total. The van der Waals surface area contributed by atoms with E-state index in [4.69, 9.17) is 4.74 Å². The Kier molecular flexibility index (Phi) is 6.36. The minimum absolute atomic E-state index is 0.0440. The normalized spacial score (nSPS) is 10.4. The van der Waals surface area contributed by atoms with Crippen LogP contribution in [0.25, 0.3) is 0 Å². The lowest BCUT2D eigenvalue weighted by molar-refractivity contribution is -0.385. The van der Waals surface area contributed by atoms with Crippen molar-refractivity contribution in [1.29, 1.82) is 0 Å². The first-order valence-corrected chi connectivity index (χ1v) is 7.39. The Hall–Kier alpha value is -3.56. The molecule has 0 unspecified atom stereocenters. The van der Waals surface area contributed by atoms with Gasteiger partial charge in [0.1, 0.15) is 5.75 Å². The van der Waals surface area contributed by atoms with Crippen molar-refractivity contribution < 1.29 is 37.5 Å². The molecule has 0 aromatic heterocycles. The first-order chi connectivity index (χ1) is 12.8. The average Bonchev–Trinajstić information content (AvgIpc) is 2.65. The highest BCUT2D eigenvalue weighted by Gasteiger charge is 2.20. The molecule has 0 N–H and O–H groups in total. The van der Waals surface area contributed by atoms with Crippen LogP contribution in [0.1, 0.15) is 20.7 Å². The lowest BCUT2D eigenvalue weighted by Gasteiger charge is -2.08. The van der Waals surface area contributed by atoms with Gasteiger partial charge in [0.2, 0.25) is 0 Å². The molecule has 0 saturated heterocycles. The lowest BCUT2D eigenvalue weighted by Crippen LogP contribution is -2.13. The summed E-state index contributed by atoms with van der Waals surface area (Å²) in [6.45, 7) is -3.52. The minimum Gasteiger partial charge on any atom is -0.478 e. The van der Waals surface area contributed by atoms with Crippen molar-refractivity contribution in [3.63, 3.8) is 0 Å². The Bertz CT molecular complexity index is 853. The fraction of sp³-hybridized carbons (Fsp3) is 0.176.